The molecule has 0 bridgehead atoms. The molecule has 0 spiro atoms. The minimum Gasteiger partial charge on any atom is -0.433 e. The number of halogens is 3. The third kappa shape index (κ3) is 6.86. The van der Waals surface area contributed by atoms with Crippen LogP contribution < -0.4 is 10.2 Å². The highest BCUT2D eigenvalue weighted by Gasteiger charge is 2.46. The number of ether oxygens (including phenoxy) is 1. The predicted molar refractivity (Wildman–Crippen MR) is 172 cm³/mol. The molecule has 1 fully saturated rings. The number of piperazine rings is 1. The highest BCUT2D eigenvalue weighted by Crippen LogP contribution is 2.52. The van der Waals surface area contributed by atoms with Gasteiger partial charge in [0.2, 0.25) is 0 Å². The lowest BCUT2D eigenvalue weighted by Crippen LogP contribution is -2.46. The van der Waals surface area contributed by atoms with Crippen LogP contribution in [0.2, 0.25) is 0 Å². The van der Waals surface area contributed by atoms with Crippen LogP contribution in [0.1, 0.15) is 36.0 Å². The Hall–Kier alpha value is -4.30. The molecular weight excluding hydrogens is 575 g/mol. The summed E-state index contributed by atoms with van der Waals surface area (Å²) in [5.41, 5.74) is 7.04. The zero-order valence-electron chi connectivity index (χ0n) is 25.4. The number of carbonyl (C=O) groups excluding carboxylic acids is 1. The van der Waals surface area contributed by atoms with Crippen LogP contribution in [0, 0.1) is 6.92 Å². The number of nitrogens with zero attached hydrogens (tertiary/aromatic N) is 2. The van der Waals surface area contributed by atoms with Gasteiger partial charge in [-0.3, -0.25) is 4.90 Å². The van der Waals surface area contributed by atoms with Gasteiger partial charge < -0.3 is 15.0 Å². The molecule has 1 atom stereocenters. The molecule has 6 rings (SSSR count). The molecule has 5 nitrogen and oxygen atoms in total. The van der Waals surface area contributed by atoms with Gasteiger partial charge in [0.1, 0.15) is 6.54 Å². The Kier molecular flexibility index (Phi) is 8.85. The number of hydrogen-bond acceptors (Lipinski definition) is 4. The van der Waals surface area contributed by atoms with E-state index in [9.17, 15) is 18.0 Å². The molecule has 1 heterocycles. The lowest BCUT2D eigenvalue weighted by Gasteiger charge is -2.36. The van der Waals surface area contributed by atoms with Crippen molar-refractivity contribution in [3.8, 4) is 22.3 Å². The number of nitrogens with one attached hydrogen (secondary N) is 1. The summed E-state index contributed by atoms with van der Waals surface area (Å²) in [6.45, 7) is 5.19. The van der Waals surface area contributed by atoms with E-state index in [0.717, 1.165) is 73.4 Å². The second kappa shape index (κ2) is 13.0. The molecule has 8 heteroatoms. The number of alkyl carbamates (subject to hydrolysis) is 1. The summed E-state index contributed by atoms with van der Waals surface area (Å²) in [6.07, 6.45) is -3.49. The van der Waals surface area contributed by atoms with E-state index in [1.807, 2.05) is 60.8 Å². The molecule has 0 radical (unpaired) electrons. The van der Waals surface area contributed by atoms with E-state index in [1.165, 1.54) is 16.8 Å². The highest BCUT2D eigenvalue weighted by molar-refractivity contribution is 5.82. The van der Waals surface area contributed by atoms with Crippen LogP contribution in [-0.2, 0) is 10.3 Å². The third-order valence-corrected chi connectivity index (χ3v) is 8.91. The van der Waals surface area contributed by atoms with Crippen molar-refractivity contribution in [2.45, 2.75) is 38.0 Å². The second-order valence-corrected chi connectivity index (χ2v) is 12.0. The molecule has 0 aromatic heterocycles. The van der Waals surface area contributed by atoms with Crippen molar-refractivity contribution in [1.82, 2.24) is 10.2 Å². The number of aryl methyl sites for hydroxylation is 1. The maximum Gasteiger partial charge on any atom is 0.408 e. The molecule has 2 aliphatic rings. The normalized spacial score (nSPS) is 17.9. The van der Waals surface area contributed by atoms with Crippen LogP contribution in [0.5, 0.6) is 0 Å². The van der Waals surface area contributed by atoms with E-state index >= 15 is 0 Å². The van der Waals surface area contributed by atoms with Gasteiger partial charge in [-0.05, 0) is 67.1 Å². The first-order valence-electron chi connectivity index (χ1n) is 15.6. The molecule has 4 aromatic carbocycles. The molecule has 1 unspecified atom stereocenters. The Morgan fingerprint density at radius 1 is 0.800 bits per heavy atom. The predicted octanol–water partition coefficient (Wildman–Crippen LogP) is 8.17. The average molecular weight is 614 g/mol. The van der Waals surface area contributed by atoms with Crippen molar-refractivity contribution < 1.29 is 22.7 Å². The van der Waals surface area contributed by atoms with Crippen molar-refractivity contribution >= 4 is 11.8 Å². The maximum atomic E-state index is 12.9. The van der Waals surface area contributed by atoms with Gasteiger partial charge in [0.15, 0.2) is 5.60 Å². The van der Waals surface area contributed by atoms with Gasteiger partial charge in [-0.1, -0.05) is 90.5 Å². The fraction of sp³-hybridized carbons (Fsp3) is 0.324. The van der Waals surface area contributed by atoms with Crippen molar-refractivity contribution in [3.63, 3.8) is 0 Å². The number of rotatable bonds is 9. The number of fused-ring (bicyclic) bond motifs is 3. The van der Waals surface area contributed by atoms with E-state index in [-0.39, 0.29) is 0 Å². The van der Waals surface area contributed by atoms with Crippen LogP contribution in [0.15, 0.2) is 97.1 Å². The fourth-order valence-corrected chi connectivity index (χ4v) is 6.69. The highest BCUT2D eigenvalue weighted by atomic mass is 19.4. The minimum absolute atomic E-state index is 0.478. The van der Waals surface area contributed by atoms with Crippen LogP contribution >= 0.6 is 0 Å². The summed E-state index contributed by atoms with van der Waals surface area (Å²) in [4.78, 5) is 17.7. The Morgan fingerprint density at radius 3 is 2.29 bits per heavy atom. The topological polar surface area (TPSA) is 44.8 Å². The van der Waals surface area contributed by atoms with Crippen LogP contribution in [0.4, 0.5) is 23.7 Å². The third-order valence-electron chi connectivity index (χ3n) is 8.91. The largest absolute Gasteiger partial charge is 0.433 e. The standard InChI is InChI=1S/C37H38F3N3O2/c1-27-16-17-32-31-14-5-6-15-33(31)36(34(32)24-27,45-35(44)41-26-37(38,39)40)18-7-8-19-42-20-22-43(23-21-42)30-13-9-12-29(25-30)28-10-3-2-4-11-28/h2-6,9-17,24-25H,7-8,18-23,26H2,1H3,(H,41,44). The van der Waals surface area contributed by atoms with E-state index in [2.05, 4.69) is 58.3 Å². The monoisotopic (exact) mass is 613 g/mol. The molecule has 1 N–H and O–H groups in total. The van der Waals surface area contributed by atoms with Gasteiger partial charge in [-0.2, -0.15) is 13.2 Å². The van der Waals surface area contributed by atoms with E-state index < -0.39 is 24.4 Å². The average Bonchev–Trinajstić information content (AvgIpc) is 3.31. The Balaban J connectivity index is 1.11. The fourth-order valence-electron chi connectivity index (χ4n) is 6.69. The summed E-state index contributed by atoms with van der Waals surface area (Å²) in [5, 5.41) is 1.92. The van der Waals surface area contributed by atoms with Crippen LogP contribution in [0.3, 0.4) is 0 Å². The zero-order chi connectivity index (χ0) is 31.4. The van der Waals surface area contributed by atoms with E-state index in [0.29, 0.717) is 6.42 Å². The molecule has 1 aliphatic heterocycles. The number of amides is 1. The van der Waals surface area contributed by atoms with Gasteiger partial charge in [-0.25, -0.2) is 4.79 Å². The number of carbonyl (C=O) groups is 1. The molecule has 1 aliphatic carbocycles. The number of anilines is 1. The summed E-state index contributed by atoms with van der Waals surface area (Å²) in [5.74, 6) is 0. The number of benzene rings is 4. The van der Waals surface area contributed by atoms with Crippen LogP contribution in [0.25, 0.3) is 22.3 Å². The van der Waals surface area contributed by atoms with Crippen LogP contribution in [-0.4, -0.2) is 56.4 Å². The van der Waals surface area contributed by atoms with E-state index in [4.69, 9.17) is 4.74 Å². The summed E-state index contributed by atoms with van der Waals surface area (Å²) < 4.78 is 44.8. The minimum atomic E-state index is -4.52. The summed E-state index contributed by atoms with van der Waals surface area (Å²) >= 11 is 0. The van der Waals surface area contributed by atoms with Crippen molar-refractivity contribution in [3.05, 3.63) is 114 Å². The first-order valence-corrected chi connectivity index (χ1v) is 15.6. The molecule has 1 amide bonds. The van der Waals surface area contributed by atoms with Crippen molar-refractivity contribution in [1.29, 1.82) is 0 Å². The Morgan fingerprint density at radius 2 is 1.51 bits per heavy atom. The quantitative estimate of drug-likeness (QED) is 0.194. The molecular formula is C37H38F3N3O2. The van der Waals surface area contributed by atoms with E-state index in [1.54, 1.807) is 0 Å². The SMILES string of the molecule is Cc1ccc2c(c1)C(CCCCN1CCN(c3cccc(-c4ccccc4)c3)CC1)(OC(=O)NCC(F)(F)F)c1ccccc1-2. The molecule has 4 aromatic rings. The number of unbranched alkanes of at least 4 members (excludes halogenated alkanes) is 1. The maximum absolute atomic E-state index is 12.9. The van der Waals surface area contributed by atoms with Gasteiger partial charge in [0, 0.05) is 43.0 Å². The van der Waals surface area contributed by atoms with Gasteiger partial charge >= 0.3 is 12.3 Å². The molecule has 234 valence electrons. The molecule has 45 heavy (non-hydrogen) atoms. The number of alkyl halides is 3. The first kappa shape index (κ1) is 30.7. The molecule has 0 saturated carbocycles. The molecule has 1 saturated heterocycles. The van der Waals surface area contributed by atoms with Gasteiger partial charge in [-0.15, -0.1) is 0 Å². The lowest BCUT2D eigenvalue weighted by molar-refractivity contribution is -0.124. The second-order valence-electron chi connectivity index (χ2n) is 12.0. The Bertz CT molecular complexity index is 1630. The lowest BCUT2D eigenvalue weighted by atomic mass is 9.85. The van der Waals surface area contributed by atoms with Crippen molar-refractivity contribution in [2.24, 2.45) is 0 Å². The van der Waals surface area contributed by atoms with Gasteiger partial charge in [0.25, 0.3) is 0 Å². The summed E-state index contributed by atoms with van der Waals surface area (Å²) in [6, 6.07) is 32.8. The number of hydrogen-bond donors (Lipinski definition) is 1. The first-order chi connectivity index (χ1) is 21.7. The summed E-state index contributed by atoms with van der Waals surface area (Å²) in [7, 11) is 0. The smallest absolute Gasteiger partial charge is 0.408 e. The van der Waals surface area contributed by atoms with Crippen molar-refractivity contribution in [2.75, 3.05) is 44.2 Å². The Labute approximate surface area is 262 Å². The zero-order valence-corrected chi connectivity index (χ0v) is 25.4. The van der Waals surface area contributed by atoms with Gasteiger partial charge in [0.05, 0.1) is 0 Å².